The molecule has 2 unspecified atom stereocenters. The molecule has 70 valence electrons. The van der Waals surface area contributed by atoms with E-state index in [1.165, 1.54) is 12.8 Å². The van der Waals surface area contributed by atoms with Crippen LogP contribution in [0.2, 0.25) is 0 Å². The maximum absolute atomic E-state index is 9.68. The molecule has 3 nitrogen and oxygen atoms in total. The number of ether oxygens (including phenoxy) is 2. The summed E-state index contributed by atoms with van der Waals surface area (Å²) in [6.45, 7) is 1.87. The summed E-state index contributed by atoms with van der Waals surface area (Å²) in [4.78, 5) is 0. The Hall–Kier alpha value is -0.120. The third-order valence-corrected chi connectivity index (χ3v) is 2.54. The van der Waals surface area contributed by atoms with E-state index in [1.807, 2.05) is 0 Å². The first-order valence-corrected chi connectivity index (χ1v) is 4.73. The second-order valence-electron chi connectivity index (χ2n) is 3.73. The van der Waals surface area contributed by atoms with Gasteiger partial charge in [-0.2, -0.15) is 0 Å². The summed E-state index contributed by atoms with van der Waals surface area (Å²) in [5.74, 6) is 0.755. The standard InChI is InChI=1S/C9H16O3/c10-8(5-7-1-2-7)9-6-11-3-4-12-9/h7-10H,1-6H2. The lowest BCUT2D eigenvalue weighted by atomic mass is 10.1. The van der Waals surface area contributed by atoms with Gasteiger partial charge in [0.05, 0.1) is 25.9 Å². The minimum atomic E-state index is -0.308. The fraction of sp³-hybridized carbons (Fsp3) is 1.00. The molecule has 0 bridgehead atoms. The number of hydrogen-bond donors (Lipinski definition) is 1. The molecule has 0 radical (unpaired) electrons. The number of rotatable bonds is 3. The first-order chi connectivity index (χ1) is 5.86. The Morgan fingerprint density at radius 1 is 1.33 bits per heavy atom. The van der Waals surface area contributed by atoms with Crippen LogP contribution in [0.5, 0.6) is 0 Å². The molecule has 0 aromatic heterocycles. The molecule has 1 N–H and O–H groups in total. The summed E-state index contributed by atoms with van der Waals surface area (Å²) < 4.78 is 10.6. The van der Waals surface area contributed by atoms with Gasteiger partial charge < -0.3 is 14.6 Å². The molecule has 2 fully saturated rings. The number of aliphatic hydroxyl groups is 1. The minimum Gasteiger partial charge on any atom is -0.390 e. The SMILES string of the molecule is OC(CC1CC1)C1COCCO1. The molecular weight excluding hydrogens is 156 g/mol. The van der Waals surface area contributed by atoms with Crippen LogP contribution in [0.4, 0.5) is 0 Å². The topological polar surface area (TPSA) is 38.7 Å². The van der Waals surface area contributed by atoms with Gasteiger partial charge in [-0.1, -0.05) is 12.8 Å². The first-order valence-electron chi connectivity index (χ1n) is 4.73. The molecule has 1 aliphatic heterocycles. The van der Waals surface area contributed by atoms with E-state index >= 15 is 0 Å². The molecule has 0 aromatic rings. The molecule has 2 rings (SSSR count). The van der Waals surface area contributed by atoms with Crippen molar-refractivity contribution in [3.63, 3.8) is 0 Å². The number of aliphatic hydroxyl groups excluding tert-OH is 1. The summed E-state index contributed by atoms with van der Waals surface area (Å²) in [5.41, 5.74) is 0. The van der Waals surface area contributed by atoms with E-state index in [1.54, 1.807) is 0 Å². The lowest BCUT2D eigenvalue weighted by molar-refractivity contribution is -0.134. The van der Waals surface area contributed by atoms with Crippen molar-refractivity contribution in [3.8, 4) is 0 Å². The fourth-order valence-corrected chi connectivity index (χ4v) is 1.58. The lowest BCUT2D eigenvalue weighted by Crippen LogP contribution is -2.38. The molecule has 0 aromatic carbocycles. The van der Waals surface area contributed by atoms with E-state index in [9.17, 15) is 5.11 Å². The van der Waals surface area contributed by atoms with Crippen LogP contribution < -0.4 is 0 Å². The van der Waals surface area contributed by atoms with E-state index in [2.05, 4.69) is 0 Å². The predicted octanol–water partition coefficient (Wildman–Crippen LogP) is 0.563. The van der Waals surface area contributed by atoms with Crippen molar-refractivity contribution in [2.45, 2.75) is 31.5 Å². The van der Waals surface area contributed by atoms with Crippen LogP contribution in [0.1, 0.15) is 19.3 Å². The van der Waals surface area contributed by atoms with Gasteiger partial charge in [-0.3, -0.25) is 0 Å². The zero-order valence-electron chi connectivity index (χ0n) is 7.24. The van der Waals surface area contributed by atoms with Crippen LogP contribution >= 0.6 is 0 Å². The average Bonchev–Trinajstić information content (AvgIpc) is 2.90. The molecule has 0 spiro atoms. The summed E-state index contributed by atoms with van der Waals surface area (Å²) >= 11 is 0. The van der Waals surface area contributed by atoms with Crippen molar-refractivity contribution >= 4 is 0 Å². The Kier molecular flexibility index (Phi) is 2.63. The molecule has 1 heterocycles. The van der Waals surface area contributed by atoms with E-state index in [-0.39, 0.29) is 12.2 Å². The van der Waals surface area contributed by atoms with Crippen LogP contribution in [-0.2, 0) is 9.47 Å². The predicted molar refractivity (Wildman–Crippen MR) is 43.9 cm³/mol. The molecule has 12 heavy (non-hydrogen) atoms. The fourth-order valence-electron chi connectivity index (χ4n) is 1.58. The average molecular weight is 172 g/mol. The maximum Gasteiger partial charge on any atom is 0.107 e. The van der Waals surface area contributed by atoms with Crippen molar-refractivity contribution in [1.29, 1.82) is 0 Å². The van der Waals surface area contributed by atoms with E-state index in [4.69, 9.17) is 9.47 Å². The highest BCUT2D eigenvalue weighted by molar-refractivity contribution is 4.81. The summed E-state index contributed by atoms with van der Waals surface area (Å²) in [6, 6.07) is 0. The van der Waals surface area contributed by atoms with Gasteiger partial charge in [0.2, 0.25) is 0 Å². The normalized spacial score (nSPS) is 33.2. The van der Waals surface area contributed by atoms with Crippen LogP contribution in [0.3, 0.4) is 0 Å². The highest BCUT2D eigenvalue weighted by Crippen LogP contribution is 2.34. The van der Waals surface area contributed by atoms with Gasteiger partial charge in [-0.15, -0.1) is 0 Å². The molecule has 0 amide bonds. The second kappa shape index (κ2) is 3.73. The smallest absolute Gasteiger partial charge is 0.107 e. The van der Waals surface area contributed by atoms with E-state index in [0.717, 1.165) is 12.3 Å². The zero-order valence-corrected chi connectivity index (χ0v) is 7.24. The van der Waals surface area contributed by atoms with Crippen LogP contribution in [-0.4, -0.2) is 37.1 Å². The van der Waals surface area contributed by atoms with Gasteiger partial charge in [0, 0.05) is 0 Å². The van der Waals surface area contributed by atoms with Crippen LogP contribution in [0.15, 0.2) is 0 Å². The van der Waals surface area contributed by atoms with Crippen molar-refractivity contribution in [2.24, 2.45) is 5.92 Å². The molecular formula is C9H16O3. The largest absolute Gasteiger partial charge is 0.390 e. The van der Waals surface area contributed by atoms with Gasteiger partial charge >= 0.3 is 0 Å². The molecule has 1 saturated carbocycles. The highest BCUT2D eigenvalue weighted by atomic mass is 16.6. The van der Waals surface area contributed by atoms with Crippen molar-refractivity contribution in [3.05, 3.63) is 0 Å². The van der Waals surface area contributed by atoms with Crippen LogP contribution in [0, 0.1) is 5.92 Å². The summed E-state index contributed by atoms with van der Waals surface area (Å²) in [6.07, 6.45) is 3.08. The van der Waals surface area contributed by atoms with Gasteiger partial charge in [-0.25, -0.2) is 0 Å². The van der Waals surface area contributed by atoms with Crippen molar-refractivity contribution in [1.82, 2.24) is 0 Å². The van der Waals surface area contributed by atoms with Gasteiger partial charge in [0.25, 0.3) is 0 Å². The summed E-state index contributed by atoms with van der Waals surface area (Å²) in [5, 5.41) is 9.68. The Labute approximate surface area is 72.7 Å². The Morgan fingerprint density at radius 2 is 2.17 bits per heavy atom. The Bertz CT molecular complexity index is 139. The molecule has 2 aliphatic rings. The zero-order chi connectivity index (χ0) is 8.39. The molecule has 1 saturated heterocycles. The lowest BCUT2D eigenvalue weighted by Gasteiger charge is -2.27. The molecule has 2 atom stereocenters. The van der Waals surface area contributed by atoms with E-state index in [0.29, 0.717) is 19.8 Å². The second-order valence-corrected chi connectivity index (χ2v) is 3.73. The third kappa shape index (κ3) is 2.19. The summed E-state index contributed by atoms with van der Waals surface area (Å²) in [7, 11) is 0. The van der Waals surface area contributed by atoms with Crippen molar-refractivity contribution < 1.29 is 14.6 Å². The third-order valence-electron chi connectivity index (χ3n) is 2.54. The monoisotopic (exact) mass is 172 g/mol. The maximum atomic E-state index is 9.68. The van der Waals surface area contributed by atoms with Gasteiger partial charge in [0.15, 0.2) is 0 Å². The highest BCUT2D eigenvalue weighted by Gasteiger charge is 2.30. The van der Waals surface area contributed by atoms with Gasteiger partial charge in [-0.05, 0) is 12.3 Å². The molecule has 3 heteroatoms. The first kappa shape index (κ1) is 8.48. The van der Waals surface area contributed by atoms with Crippen LogP contribution in [0.25, 0.3) is 0 Å². The van der Waals surface area contributed by atoms with Crippen molar-refractivity contribution in [2.75, 3.05) is 19.8 Å². The Morgan fingerprint density at radius 3 is 2.75 bits per heavy atom. The van der Waals surface area contributed by atoms with E-state index < -0.39 is 0 Å². The Balaban J connectivity index is 1.72. The van der Waals surface area contributed by atoms with Gasteiger partial charge in [0.1, 0.15) is 6.10 Å². The quantitative estimate of drug-likeness (QED) is 0.676. The molecule has 1 aliphatic carbocycles. The number of hydrogen-bond acceptors (Lipinski definition) is 3. The minimum absolute atomic E-state index is 0.0700.